The highest BCUT2D eigenvalue weighted by Gasteiger charge is 2.15. The van der Waals surface area contributed by atoms with Gasteiger partial charge < -0.3 is 10.1 Å². The molecule has 0 radical (unpaired) electrons. The van der Waals surface area contributed by atoms with Crippen LogP contribution in [0.2, 0.25) is 0 Å². The lowest BCUT2D eigenvalue weighted by molar-refractivity contribution is -0.119. The first-order valence-electron chi connectivity index (χ1n) is 8.04. The summed E-state index contributed by atoms with van der Waals surface area (Å²) in [6, 6.07) is 9.05. The normalized spacial score (nSPS) is 10.1. The molecule has 0 aliphatic rings. The Balaban J connectivity index is 2.02. The largest absolute Gasteiger partial charge is 0.452 e. The molecule has 2 rings (SSSR count). The number of anilines is 1. The van der Waals surface area contributed by atoms with Gasteiger partial charge in [0.1, 0.15) is 5.40 Å². The number of thiocyanates is 1. The van der Waals surface area contributed by atoms with Crippen molar-refractivity contribution in [3.05, 3.63) is 58.1 Å². The topological polar surface area (TPSA) is 79.2 Å². The summed E-state index contributed by atoms with van der Waals surface area (Å²) >= 11 is 1.07. The number of carbonyl (C=O) groups excluding carboxylic acids is 2. The number of amides is 1. The van der Waals surface area contributed by atoms with E-state index in [-0.39, 0.29) is 6.61 Å². The number of rotatable bonds is 5. The second-order valence-corrected chi connectivity index (χ2v) is 6.86. The standard InChI is InChI=1S/C20H20N2O3S/c1-12-6-5-7-17(15(12)4)20(24)25-10-18(23)22-19-13(2)8-16(26-11-21)9-14(19)3/h5-9H,10H2,1-4H3,(H,22,23). The van der Waals surface area contributed by atoms with Crippen LogP contribution in [0.1, 0.15) is 32.6 Å². The monoisotopic (exact) mass is 368 g/mol. The van der Waals surface area contributed by atoms with Crippen molar-refractivity contribution in [2.24, 2.45) is 0 Å². The number of nitrogens with zero attached hydrogens (tertiary/aromatic N) is 1. The maximum Gasteiger partial charge on any atom is 0.338 e. The Labute approximate surface area is 157 Å². The van der Waals surface area contributed by atoms with Crippen LogP contribution in [0, 0.1) is 38.4 Å². The van der Waals surface area contributed by atoms with Crippen molar-refractivity contribution in [3.8, 4) is 5.40 Å². The van der Waals surface area contributed by atoms with E-state index < -0.39 is 11.9 Å². The first-order chi connectivity index (χ1) is 12.3. The molecule has 0 aliphatic carbocycles. The van der Waals surface area contributed by atoms with Gasteiger partial charge in [0.25, 0.3) is 5.91 Å². The second kappa shape index (κ2) is 8.54. The molecule has 0 spiro atoms. The molecule has 0 fully saturated rings. The van der Waals surface area contributed by atoms with Gasteiger partial charge >= 0.3 is 5.97 Å². The minimum Gasteiger partial charge on any atom is -0.452 e. The van der Waals surface area contributed by atoms with Gasteiger partial charge in [0.15, 0.2) is 6.61 Å². The number of benzene rings is 2. The zero-order chi connectivity index (χ0) is 19.3. The molecule has 1 N–H and O–H groups in total. The molecular weight excluding hydrogens is 348 g/mol. The van der Waals surface area contributed by atoms with E-state index in [0.29, 0.717) is 11.3 Å². The first-order valence-corrected chi connectivity index (χ1v) is 8.85. The predicted octanol–water partition coefficient (Wildman–Crippen LogP) is 4.29. The summed E-state index contributed by atoms with van der Waals surface area (Å²) < 4.78 is 5.14. The summed E-state index contributed by atoms with van der Waals surface area (Å²) in [6.07, 6.45) is 0. The van der Waals surface area contributed by atoms with Crippen LogP contribution in [0.15, 0.2) is 35.2 Å². The Bertz CT molecular complexity index is 877. The third kappa shape index (κ3) is 4.64. The average Bonchev–Trinajstić information content (AvgIpc) is 2.59. The first kappa shape index (κ1) is 19.5. The number of hydrogen-bond donors (Lipinski definition) is 1. The van der Waals surface area contributed by atoms with Crippen LogP contribution >= 0.6 is 11.8 Å². The van der Waals surface area contributed by atoms with Crippen molar-refractivity contribution in [2.45, 2.75) is 32.6 Å². The molecule has 1 amide bonds. The van der Waals surface area contributed by atoms with E-state index in [1.807, 2.05) is 51.3 Å². The van der Waals surface area contributed by atoms with Gasteiger partial charge in [0.2, 0.25) is 0 Å². The fourth-order valence-electron chi connectivity index (χ4n) is 2.59. The van der Waals surface area contributed by atoms with Crippen LogP contribution in [-0.2, 0) is 9.53 Å². The number of ether oxygens (including phenoxy) is 1. The number of esters is 1. The third-order valence-electron chi connectivity index (χ3n) is 4.09. The van der Waals surface area contributed by atoms with Gasteiger partial charge in [0, 0.05) is 10.6 Å². The fourth-order valence-corrected chi connectivity index (χ4v) is 3.17. The molecule has 2 aromatic carbocycles. The van der Waals surface area contributed by atoms with Crippen molar-refractivity contribution in [1.29, 1.82) is 5.26 Å². The van der Waals surface area contributed by atoms with Crippen LogP contribution in [0.4, 0.5) is 5.69 Å². The molecule has 5 nitrogen and oxygen atoms in total. The van der Waals surface area contributed by atoms with E-state index in [4.69, 9.17) is 10.00 Å². The predicted molar refractivity (Wildman–Crippen MR) is 102 cm³/mol. The lowest BCUT2D eigenvalue weighted by Gasteiger charge is -2.13. The van der Waals surface area contributed by atoms with Crippen LogP contribution < -0.4 is 5.32 Å². The van der Waals surface area contributed by atoms with Crippen molar-refractivity contribution in [1.82, 2.24) is 0 Å². The van der Waals surface area contributed by atoms with Gasteiger partial charge in [0.05, 0.1) is 5.56 Å². The molecule has 0 heterocycles. The molecule has 2 aromatic rings. The van der Waals surface area contributed by atoms with Gasteiger partial charge in [-0.1, -0.05) is 12.1 Å². The SMILES string of the molecule is Cc1cccc(C(=O)OCC(=O)Nc2c(C)cc(SC#N)cc2C)c1C. The van der Waals surface area contributed by atoms with Gasteiger partial charge in [-0.15, -0.1) is 0 Å². The molecule has 0 aliphatic heterocycles. The van der Waals surface area contributed by atoms with Crippen LogP contribution in [0.25, 0.3) is 0 Å². The Morgan fingerprint density at radius 3 is 2.38 bits per heavy atom. The summed E-state index contributed by atoms with van der Waals surface area (Å²) in [5.41, 5.74) is 4.65. The number of carbonyl (C=O) groups is 2. The Kier molecular flexibility index (Phi) is 6.42. The number of nitrogens with one attached hydrogen (secondary N) is 1. The molecular formula is C20H20N2O3S. The van der Waals surface area contributed by atoms with E-state index in [0.717, 1.165) is 38.9 Å². The van der Waals surface area contributed by atoms with Crippen molar-refractivity contribution in [3.63, 3.8) is 0 Å². The minimum atomic E-state index is -0.518. The number of hydrogen-bond acceptors (Lipinski definition) is 5. The highest BCUT2D eigenvalue weighted by molar-refractivity contribution is 8.03. The summed E-state index contributed by atoms with van der Waals surface area (Å²) in [6.45, 7) is 7.11. The molecule has 26 heavy (non-hydrogen) atoms. The maximum absolute atomic E-state index is 12.2. The quantitative estimate of drug-likeness (QED) is 0.484. The smallest absolute Gasteiger partial charge is 0.338 e. The zero-order valence-electron chi connectivity index (χ0n) is 15.2. The number of aryl methyl sites for hydroxylation is 3. The van der Waals surface area contributed by atoms with E-state index in [2.05, 4.69) is 5.32 Å². The zero-order valence-corrected chi connectivity index (χ0v) is 16.0. The fraction of sp³-hybridized carbons (Fsp3) is 0.250. The maximum atomic E-state index is 12.2. The average molecular weight is 368 g/mol. The second-order valence-electron chi connectivity index (χ2n) is 6.00. The van der Waals surface area contributed by atoms with Crippen LogP contribution in [0.5, 0.6) is 0 Å². The van der Waals surface area contributed by atoms with Crippen LogP contribution in [0.3, 0.4) is 0 Å². The summed E-state index contributed by atoms with van der Waals surface area (Å²) in [7, 11) is 0. The molecule has 0 unspecified atom stereocenters. The molecule has 0 bridgehead atoms. The molecule has 0 saturated carbocycles. The minimum absolute atomic E-state index is 0.361. The summed E-state index contributed by atoms with van der Waals surface area (Å²) in [5, 5.41) is 13.6. The van der Waals surface area contributed by atoms with E-state index in [1.165, 1.54) is 0 Å². The molecule has 6 heteroatoms. The molecule has 0 saturated heterocycles. The lowest BCUT2D eigenvalue weighted by Crippen LogP contribution is -2.22. The third-order valence-corrected chi connectivity index (χ3v) is 4.66. The van der Waals surface area contributed by atoms with Crippen molar-refractivity contribution in [2.75, 3.05) is 11.9 Å². The Hall–Kier alpha value is -2.78. The van der Waals surface area contributed by atoms with Crippen molar-refractivity contribution < 1.29 is 14.3 Å². The van der Waals surface area contributed by atoms with Gasteiger partial charge in [-0.25, -0.2) is 4.79 Å². The van der Waals surface area contributed by atoms with E-state index in [9.17, 15) is 9.59 Å². The number of thioether (sulfide) groups is 1. The Morgan fingerprint density at radius 2 is 1.77 bits per heavy atom. The molecule has 0 atom stereocenters. The molecule has 0 aromatic heterocycles. The highest BCUT2D eigenvalue weighted by atomic mass is 32.2. The highest BCUT2D eigenvalue weighted by Crippen LogP contribution is 2.27. The van der Waals surface area contributed by atoms with Gasteiger partial charge in [-0.3, -0.25) is 4.79 Å². The summed E-state index contributed by atoms with van der Waals surface area (Å²) in [4.78, 5) is 25.2. The van der Waals surface area contributed by atoms with Gasteiger partial charge in [-0.05, 0) is 79.9 Å². The Morgan fingerprint density at radius 1 is 1.12 bits per heavy atom. The summed E-state index contributed by atoms with van der Waals surface area (Å²) in [5.74, 6) is -0.925. The van der Waals surface area contributed by atoms with E-state index in [1.54, 1.807) is 12.1 Å². The van der Waals surface area contributed by atoms with E-state index >= 15 is 0 Å². The van der Waals surface area contributed by atoms with Gasteiger partial charge in [-0.2, -0.15) is 5.26 Å². The lowest BCUT2D eigenvalue weighted by atomic mass is 10.0. The van der Waals surface area contributed by atoms with Crippen LogP contribution in [-0.4, -0.2) is 18.5 Å². The number of nitriles is 1. The van der Waals surface area contributed by atoms with Crippen molar-refractivity contribution >= 4 is 29.3 Å². The molecule has 134 valence electrons.